The Kier molecular flexibility index (Phi) is 7.56. The lowest BCUT2D eigenvalue weighted by Crippen LogP contribution is -2.46. The Morgan fingerprint density at radius 1 is 1.06 bits per heavy atom. The van der Waals surface area contributed by atoms with Gasteiger partial charge in [-0.15, -0.1) is 0 Å². The molecule has 1 aliphatic rings. The Morgan fingerprint density at radius 3 is 2.29 bits per heavy atom. The van der Waals surface area contributed by atoms with Crippen LogP contribution < -0.4 is 4.31 Å². The second kappa shape index (κ2) is 10.2. The molecule has 0 aromatic heterocycles. The number of piperidine rings is 1. The molecular formula is C22H25ClN2O5S. The molecule has 1 fully saturated rings. The fourth-order valence-electron chi connectivity index (χ4n) is 3.52. The third kappa shape index (κ3) is 5.37. The Bertz CT molecular complexity index is 1020. The molecule has 0 spiro atoms. The summed E-state index contributed by atoms with van der Waals surface area (Å²) in [5.41, 5.74) is 0.239. The first-order valence-corrected chi connectivity index (χ1v) is 11.9. The van der Waals surface area contributed by atoms with Crippen LogP contribution in [0.3, 0.4) is 0 Å². The van der Waals surface area contributed by atoms with E-state index >= 15 is 0 Å². The summed E-state index contributed by atoms with van der Waals surface area (Å²) in [6.45, 7) is 2.42. The van der Waals surface area contributed by atoms with E-state index in [1.807, 2.05) is 0 Å². The van der Waals surface area contributed by atoms with E-state index in [1.165, 1.54) is 12.1 Å². The molecule has 0 aliphatic carbocycles. The van der Waals surface area contributed by atoms with Crippen LogP contribution in [-0.4, -0.2) is 51.4 Å². The number of esters is 1. The fraction of sp³-hybridized carbons (Fsp3) is 0.364. The molecule has 0 saturated carbocycles. The van der Waals surface area contributed by atoms with Crippen LogP contribution in [0.4, 0.5) is 5.69 Å². The van der Waals surface area contributed by atoms with Crippen molar-refractivity contribution in [1.29, 1.82) is 0 Å². The van der Waals surface area contributed by atoms with Crippen LogP contribution in [0.5, 0.6) is 0 Å². The molecule has 31 heavy (non-hydrogen) atoms. The molecule has 1 aliphatic heterocycles. The number of amides is 1. The molecule has 0 N–H and O–H groups in total. The van der Waals surface area contributed by atoms with E-state index < -0.39 is 10.0 Å². The Morgan fingerprint density at radius 2 is 1.68 bits per heavy atom. The number of rotatable bonds is 7. The van der Waals surface area contributed by atoms with Crippen molar-refractivity contribution in [2.45, 2.75) is 24.7 Å². The van der Waals surface area contributed by atoms with Gasteiger partial charge in [-0.25, -0.2) is 8.42 Å². The summed E-state index contributed by atoms with van der Waals surface area (Å²) >= 11 is 6.28. The van der Waals surface area contributed by atoms with Crippen LogP contribution in [0.1, 0.15) is 19.8 Å². The largest absolute Gasteiger partial charge is 0.466 e. The number of anilines is 1. The van der Waals surface area contributed by atoms with E-state index in [0.29, 0.717) is 32.5 Å². The van der Waals surface area contributed by atoms with E-state index in [0.717, 1.165) is 4.31 Å². The van der Waals surface area contributed by atoms with Crippen molar-refractivity contribution in [3.8, 4) is 0 Å². The average Bonchev–Trinajstić information content (AvgIpc) is 2.78. The highest BCUT2D eigenvalue weighted by Gasteiger charge is 2.33. The van der Waals surface area contributed by atoms with Gasteiger partial charge >= 0.3 is 5.97 Å². The average molecular weight is 465 g/mol. The molecule has 3 rings (SSSR count). The van der Waals surface area contributed by atoms with Gasteiger partial charge < -0.3 is 9.64 Å². The van der Waals surface area contributed by atoms with Crippen LogP contribution >= 0.6 is 11.6 Å². The molecule has 7 nitrogen and oxygen atoms in total. The highest BCUT2D eigenvalue weighted by molar-refractivity contribution is 7.92. The quantitative estimate of drug-likeness (QED) is 0.587. The lowest BCUT2D eigenvalue weighted by Gasteiger charge is -2.33. The highest BCUT2D eigenvalue weighted by Crippen LogP contribution is 2.30. The van der Waals surface area contributed by atoms with Gasteiger partial charge in [-0.1, -0.05) is 41.9 Å². The Labute approximate surface area is 187 Å². The van der Waals surface area contributed by atoms with Crippen molar-refractivity contribution in [2.24, 2.45) is 5.92 Å². The number of benzene rings is 2. The van der Waals surface area contributed by atoms with E-state index in [4.69, 9.17) is 16.3 Å². The summed E-state index contributed by atoms with van der Waals surface area (Å²) in [6, 6.07) is 14.5. The second-order valence-electron chi connectivity index (χ2n) is 7.18. The maximum atomic E-state index is 13.4. The van der Waals surface area contributed by atoms with E-state index in [9.17, 15) is 18.0 Å². The van der Waals surface area contributed by atoms with Gasteiger partial charge in [0.1, 0.15) is 6.54 Å². The lowest BCUT2D eigenvalue weighted by atomic mass is 9.97. The van der Waals surface area contributed by atoms with Gasteiger partial charge in [0.25, 0.3) is 10.0 Å². The summed E-state index contributed by atoms with van der Waals surface area (Å²) in [5, 5.41) is 0.232. The van der Waals surface area contributed by atoms with Crippen molar-refractivity contribution < 1.29 is 22.7 Å². The Balaban J connectivity index is 1.81. The summed E-state index contributed by atoms with van der Waals surface area (Å²) < 4.78 is 32.8. The predicted molar refractivity (Wildman–Crippen MR) is 118 cm³/mol. The minimum Gasteiger partial charge on any atom is -0.466 e. The van der Waals surface area contributed by atoms with Crippen molar-refractivity contribution in [3.63, 3.8) is 0 Å². The number of halogens is 1. The second-order valence-corrected chi connectivity index (χ2v) is 9.45. The monoisotopic (exact) mass is 464 g/mol. The number of carbonyl (C=O) groups excluding carboxylic acids is 2. The summed E-state index contributed by atoms with van der Waals surface area (Å²) in [7, 11) is -4.01. The third-order valence-corrected chi connectivity index (χ3v) is 7.29. The third-order valence-electron chi connectivity index (χ3n) is 5.20. The van der Waals surface area contributed by atoms with Gasteiger partial charge in [0.05, 0.1) is 28.1 Å². The van der Waals surface area contributed by atoms with Crippen LogP contribution in [0.15, 0.2) is 59.5 Å². The van der Waals surface area contributed by atoms with Crippen molar-refractivity contribution in [3.05, 3.63) is 59.6 Å². The number of carbonyl (C=O) groups is 2. The Hall–Kier alpha value is -2.58. The number of likely N-dealkylation sites (tertiary alicyclic amines) is 1. The van der Waals surface area contributed by atoms with E-state index in [2.05, 4.69) is 0 Å². The molecule has 1 amide bonds. The van der Waals surface area contributed by atoms with Crippen LogP contribution in [0.25, 0.3) is 0 Å². The molecule has 2 aromatic carbocycles. The maximum absolute atomic E-state index is 13.4. The molecule has 1 saturated heterocycles. The first-order chi connectivity index (χ1) is 14.8. The molecule has 1 heterocycles. The first kappa shape index (κ1) is 23.1. The number of hydrogen-bond acceptors (Lipinski definition) is 5. The molecule has 0 bridgehead atoms. The van der Waals surface area contributed by atoms with Crippen molar-refractivity contribution >= 4 is 39.2 Å². The molecule has 0 radical (unpaired) electrons. The highest BCUT2D eigenvalue weighted by atomic mass is 35.5. The van der Waals surface area contributed by atoms with Gasteiger partial charge in [0, 0.05) is 13.1 Å². The SMILES string of the molecule is CCOC(=O)C1CCN(C(=O)CN(c2ccccc2Cl)S(=O)(=O)c2ccccc2)CC1. The molecule has 166 valence electrons. The van der Waals surface area contributed by atoms with Crippen molar-refractivity contribution in [1.82, 2.24) is 4.90 Å². The number of hydrogen-bond donors (Lipinski definition) is 0. The van der Waals surface area contributed by atoms with Crippen molar-refractivity contribution in [2.75, 3.05) is 30.5 Å². The van der Waals surface area contributed by atoms with E-state index in [-0.39, 0.29) is 39.9 Å². The minimum absolute atomic E-state index is 0.0729. The smallest absolute Gasteiger partial charge is 0.309 e. The fourth-order valence-corrected chi connectivity index (χ4v) is 5.26. The molecule has 2 aromatic rings. The maximum Gasteiger partial charge on any atom is 0.309 e. The van der Waals surface area contributed by atoms with Crippen LogP contribution in [0.2, 0.25) is 5.02 Å². The summed E-state index contributed by atoms with van der Waals surface area (Å²) in [5.74, 6) is -0.836. The lowest BCUT2D eigenvalue weighted by molar-refractivity contribution is -0.151. The molecule has 0 unspecified atom stereocenters. The topological polar surface area (TPSA) is 84.0 Å². The van der Waals surface area contributed by atoms with E-state index in [1.54, 1.807) is 54.3 Å². The normalized spacial score (nSPS) is 14.8. The number of sulfonamides is 1. The number of ether oxygens (including phenoxy) is 1. The summed E-state index contributed by atoms with van der Waals surface area (Å²) in [6.07, 6.45) is 0.976. The van der Waals surface area contributed by atoms with Gasteiger partial charge in [-0.2, -0.15) is 0 Å². The molecule has 0 atom stereocenters. The van der Waals surface area contributed by atoms with Crippen LogP contribution in [0, 0.1) is 5.92 Å². The van der Waals surface area contributed by atoms with Gasteiger partial charge in [-0.05, 0) is 44.0 Å². The zero-order chi connectivity index (χ0) is 22.4. The standard InChI is InChI=1S/C22H25ClN2O5S/c1-2-30-22(27)17-12-14-24(15-13-17)21(26)16-25(20-11-7-6-10-19(20)23)31(28,29)18-8-4-3-5-9-18/h3-11,17H,2,12-16H2,1H3. The molecular weight excluding hydrogens is 440 g/mol. The zero-order valence-electron chi connectivity index (χ0n) is 17.2. The first-order valence-electron chi connectivity index (χ1n) is 10.1. The van der Waals surface area contributed by atoms with Crippen LogP contribution in [-0.2, 0) is 24.3 Å². The van der Waals surface area contributed by atoms with Gasteiger partial charge in [0.15, 0.2) is 0 Å². The number of para-hydroxylation sites is 1. The van der Waals surface area contributed by atoms with Gasteiger partial charge in [-0.3, -0.25) is 13.9 Å². The number of nitrogens with zero attached hydrogens (tertiary/aromatic N) is 2. The summed E-state index contributed by atoms with van der Waals surface area (Å²) in [4.78, 5) is 26.6. The predicted octanol–water partition coefficient (Wildman–Crippen LogP) is 3.34. The van der Waals surface area contributed by atoms with Gasteiger partial charge in [0.2, 0.25) is 5.91 Å². The zero-order valence-corrected chi connectivity index (χ0v) is 18.8. The molecule has 9 heteroatoms. The minimum atomic E-state index is -4.01.